The summed E-state index contributed by atoms with van der Waals surface area (Å²) in [6, 6.07) is 14.4. The van der Waals surface area contributed by atoms with Crippen LogP contribution in [-0.2, 0) is 0 Å². The van der Waals surface area contributed by atoms with Crippen molar-refractivity contribution in [2.24, 2.45) is 0 Å². The molecule has 2 aromatic carbocycles. The van der Waals surface area contributed by atoms with Crippen molar-refractivity contribution in [3.8, 4) is 0 Å². The van der Waals surface area contributed by atoms with E-state index in [1.807, 2.05) is 6.07 Å². The standard InChI is InChI=1S/C21H22BrN3O2S/c22-18-9-5-4-8-17(18)20(27)25-21(28)24-16-12-10-14(11-13-16)19(26)23-15-6-2-1-3-7-15/h4-5,8-13,15H,1-3,6-7H2,(H,23,26)(H2,24,25,27,28). The van der Waals surface area contributed by atoms with Gasteiger partial charge in [0.05, 0.1) is 5.56 Å². The second-order valence-electron chi connectivity index (χ2n) is 6.77. The third-order valence-corrected chi connectivity index (χ3v) is 5.59. The number of halogens is 1. The van der Waals surface area contributed by atoms with Crippen LogP contribution in [-0.4, -0.2) is 23.0 Å². The number of amides is 2. The van der Waals surface area contributed by atoms with Gasteiger partial charge in [0.25, 0.3) is 11.8 Å². The van der Waals surface area contributed by atoms with Gasteiger partial charge in [0.2, 0.25) is 0 Å². The highest BCUT2D eigenvalue weighted by atomic mass is 79.9. The van der Waals surface area contributed by atoms with E-state index in [1.54, 1.807) is 42.5 Å². The minimum Gasteiger partial charge on any atom is -0.349 e. The molecule has 0 aromatic heterocycles. The van der Waals surface area contributed by atoms with Crippen LogP contribution in [0.25, 0.3) is 0 Å². The summed E-state index contributed by atoms with van der Waals surface area (Å²) in [6.07, 6.45) is 5.71. The molecule has 0 saturated heterocycles. The molecule has 0 spiro atoms. The van der Waals surface area contributed by atoms with Crippen molar-refractivity contribution in [2.75, 3.05) is 5.32 Å². The molecule has 1 aliphatic carbocycles. The summed E-state index contributed by atoms with van der Waals surface area (Å²) >= 11 is 8.56. The lowest BCUT2D eigenvalue weighted by Crippen LogP contribution is -2.36. The van der Waals surface area contributed by atoms with E-state index in [2.05, 4.69) is 31.9 Å². The van der Waals surface area contributed by atoms with E-state index in [9.17, 15) is 9.59 Å². The molecular formula is C21H22BrN3O2S. The zero-order chi connectivity index (χ0) is 19.9. The Morgan fingerprint density at radius 2 is 1.61 bits per heavy atom. The highest BCUT2D eigenvalue weighted by Crippen LogP contribution is 2.18. The summed E-state index contributed by atoms with van der Waals surface area (Å²) in [5.41, 5.74) is 1.81. The average molecular weight is 460 g/mol. The first kappa shape index (κ1) is 20.5. The van der Waals surface area contributed by atoms with Crippen LogP contribution < -0.4 is 16.0 Å². The summed E-state index contributed by atoms with van der Waals surface area (Å²) in [5.74, 6) is -0.350. The SMILES string of the molecule is O=C(NC1CCCCC1)c1ccc(NC(=S)NC(=O)c2ccccc2Br)cc1. The molecule has 3 rings (SSSR count). The van der Waals surface area contributed by atoms with Crippen molar-refractivity contribution in [3.63, 3.8) is 0 Å². The summed E-state index contributed by atoms with van der Waals surface area (Å²) in [4.78, 5) is 24.6. The smallest absolute Gasteiger partial charge is 0.258 e. The number of rotatable bonds is 4. The second-order valence-corrected chi connectivity index (χ2v) is 8.04. The molecule has 28 heavy (non-hydrogen) atoms. The van der Waals surface area contributed by atoms with Gasteiger partial charge in [0.15, 0.2) is 5.11 Å². The number of anilines is 1. The lowest BCUT2D eigenvalue weighted by Gasteiger charge is -2.22. The van der Waals surface area contributed by atoms with Gasteiger partial charge < -0.3 is 10.6 Å². The fourth-order valence-electron chi connectivity index (χ4n) is 3.20. The molecule has 146 valence electrons. The molecular weight excluding hydrogens is 438 g/mol. The summed E-state index contributed by atoms with van der Waals surface area (Å²) in [5, 5.41) is 8.90. The van der Waals surface area contributed by atoms with E-state index in [0.29, 0.717) is 21.3 Å². The fourth-order valence-corrected chi connectivity index (χ4v) is 3.87. The zero-order valence-electron chi connectivity index (χ0n) is 15.3. The Kier molecular flexibility index (Phi) is 7.17. The summed E-state index contributed by atoms with van der Waals surface area (Å²) < 4.78 is 0.698. The van der Waals surface area contributed by atoms with Crippen LogP contribution in [0.1, 0.15) is 52.8 Å². The summed E-state index contributed by atoms with van der Waals surface area (Å²) in [6.45, 7) is 0. The Hall–Kier alpha value is -2.25. The highest BCUT2D eigenvalue weighted by Gasteiger charge is 2.16. The van der Waals surface area contributed by atoms with E-state index >= 15 is 0 Å². The Balaban J connectivity index is 1.53. The lowest BCUT2D eigenvalue weighted by atomic mass is 9.95. The van der Waals surface area contributed by atoms with Gasteiger partial charge in [0.1, 0.15) is 0 Å². The van der Waals surface area contributed by atoms with Crippen molar-refractivity contribution in [2.45, 2.75) is 38.1 Å². The first-order valence-corrected chi connectivity index (χ1v) is 10.5. The molecule has 0 aliphatic heterocycles. The van der Waals surface area contributed by atoms with Crippen LogP contribution in [0.5, 0.6) is 0 Å². The predicted molar refractivity (Wildman–Crippen MR) is 119 cm³/mol. The predicted octanol–water partition coefficient (Wildman–Crippen LogP) is 4.64. The molecule has 2 aromatic rings. The van der Waals surface area contributed by atoms with Crippen molar-refractivity contribution in [1.29, 1.82) is 0 Å². The number of nitrogens with one attached hydrogen (secondary N) is 3. The van der Waals surface area contributed by atoms with Gasteiger partial charge in [-0.3, -0.25) is 14.9 Å². The van der Waals surface area contributed by atoms with E-state index in [1.165, 1.54) is 19.3 Å². The third-order valence-electron chi connectivity index (χ3n) is 4.69. The second kappa shape index (κ2) is 9.80. The van der Waals surface area contributed by atoms with E-state index in [4.69, 9.17) is 12.2 Å². The quantitative estimate of drug-likeness (QED) is 0.582. The molecule has 1 aliphatic rings. The van der Waals surface area contributed by atoms with E-state index in [-0.39, 0.29) is 23.0 Å². The normalized spacial score (nSPS) is 14.2. The van der Waals surface area contributed by atoms with Crippen LogP contribution in [0.3, 0.4) is 0 Å². The van der Waals surface area contributed by atoms with Crippen molar-refractivity contribution < 1.29 is 9.59 Å². The fraction of sp³-hybridized carbons (Fsp3) is 0.286. The van der Waals surface area contributed by atoms with Crippen LogP contribution in [0, 0.1) is 0 Å². The molecule has 2 amide bonds. The maximum absolute atomic E-state index is 12.4. The molecule has 1 saturated carbocycles. The van der Waals surface area contributed by atoms with Crippen molar-refractivity contribution in [1.82, 2.24) is 10.6 Å². The highest BCUT2D eigenvalue weighted by molar-refractivity contribution is 9.10. The number of carbonyl (C=O) groups excluding carboxylic acids is 2. The topological polar surface area (TPSA) is 70.2 Å². The Labute approximate surface area is 178 Å². The Morgan fingerprint density at radius 3 is 2.29 bits per heavy atom. The van der Waals surface area contributed by atoms with Crippen molar-refractivity contribution >= 4 is 50.8 Å². The minimum atomic E-state index is -0.298. The average Bonchev–Trinajstić information content (AvgIpc) is 2.69. The largest absolute Gasteiger partial charge is 0.349 e. The number of benzene rings is 2. The molecule has 5 nitrogen and oxygen atoms in total. The molecule has 0 bridgehead atoms. The van der Waals surface area contributed by atoms with Crippen LogP contribution in [0.2, 0.25) is 0 Å². The first-order chi connectivity index (χ1) is 13.5. The number of hydrogen-bond donors (Lipinski definition) is 3. The molecule has 0 heterocycles. The number of carbonyl (C=O) groups is 2. The molecule has 7 heteroatoms. The maximum Gasteiger partial charge on any atom is 0.258 e. The van der Waals surface area contributed by atoms with Crippen LogP contribution in [0.15, 0.2) is 53.0 Å². The lowest BCUT2D eigenvalue weighted by molar-refractivity contribution is 0.0926. The van der Waals surface area contributed by atoms with Gasteiger partial charge >= 0.3 is 0 Å². The van der Waals surface area contributed by atoms with Gasteiger partial charge in [-0.25, -0.2) is 0 Å². The number of thiocarbonyl (C=S) groups is 1. The van der Waals surface area contributed by atoms with E-state index < -0.39 is 0 Å². The van der Waals surface area contributed by atoms with E-state index in [0.717, 1.165) is 12.8 Å². The minimum absolute atomic E-state index is 0.0525. The zero-order valence-corrected chi connectivity index (χ0v) is 17.7. The molecule has 1 fully saturated rings. The van der Waals surface area contributed by atoms with Gasteiger partial charge in [-0.2, -0.15) is 0 Å². The number of hydrogen-bond acceptors (Lipinski definition) is 3. The van der Waals surface area contributed by atoms with Crippen molar-refractivity contribution in [3.05, 3.63) is 64.1 Å². The first-order valence-electron chi connectivity index (χ1n) is 9.31. The molecule has 0 unspecified atom stereocenters. The molecule has 0 atom stereocenters. The molecule has 3 N–H and O–H groups in total. The Bertz CT molecular complexity index is 864. The monoisotopic (exact) mass is 459 g/mol. The van der Waals surface area contributed by atoms with Crippen LogP contribution in [0.4, 0.5) is 5.69 Å². The van der Waals surface area contributed by atoms with Gasteiger partial charge in [-0.1, -0.05) is 31.4 Å². The third kappa shape index (κ3) is 5.62. The Morgan fingerprint density at radius 1 is 0.929 bits per heavy atom. The van der Waals surface area contributed by atoms with Crippen LogP contribution >= 0.6 is 28.1 Å². The maximum atomic E-state index is 12.4. The van der Waals surface area contributed by atoms with Gasteiger partial charge in [-0.05, 0) is 77.4 Å². The van der Waals surface area contributed by atoms with Gasteiger partial charge in [0, 0.05) is 21.8 Å². The summed E-state index contributed by atoms with van der Waals surface area (Å²) in [7, 11) is 0. The van der Waals surface area contributed by atoms with Gasteiger partial charge in [-0.15, -0.1) is 0 Å². The molecule has 0 radical (unpaired) electrons.